The van der Waals surface area contributed by atoms with Gasteiger partial charge in [0.15, 0.2) is 0 Å². The number of nitriles is 1. The monoisotopic (exact) mass is 247 g/mol. The number of carbonyl (C=O) groups excluding carboxylic acids is 1. The Hall–Kier alpha value is -2.20. The number of anilines is 1. The lowest BCUT2D eigenvalue weighted by atomic mass is 10.3. The highest BCUT2D eigenvalue weighted by Gasteiger charge is 2.16. The summed E-state index contributed by atoms with van der Waals surface area (Å²) >= 11 is 1.46. The number of rotatable bonds is 2. The first-order valence-electron chi connectivity index (χ1n) is 4.80. The van der Waals surface area contributed by atoms with Crippen LogP contribution in [0.1, 0.15) is 25.9 Å². The number of nitrogens with one attached hydrogen (secondary N) is 2. The number of nitrogens with zero attached hydrogens (tertiary/aromatic N) is 3. The van der Waals surface area contributed by atoms with Crippen LogP contribution in [-0.2, 0) is 0 Å². The standard InChI is InChI=1S/C10H9N5OS/c1-5-8(13-6(2)17-5)10(16)14-9-7(3-11)4-12-15-9/h4H,1-2H3,(H2,12,14,15,16). The van der Waals surface area contributed by atoms with E-state index in [0.717, 1.165) is 9.88 Å². The molecule has 7 heteroatoms. The van der Waals surface area contributed by atoms with Gasteiger partial charge in [0.25, 0.3) is 5.91 Å². The van der Waals surface area contributed by atoms with Gasteiger partial charge >= 0.3 is 0 Å². The van der Waals surface area contributed by atoms with Gasteiger partial charge < -0.3 is 5.32 Å². The smallest absolute Gasteiger partial charge is 0.276 e. The lowest BCUT2D eigenvalue weighted by molar-refractivity contribution is 0.102. The molecule has 0 saturated heterocycles. The molecule has 17 heavy (non-hydrogen) atoms. The quantitative estimate of drug-likeness (QED) is 0.842. The number of H-pyrrole nitrogens is 1. The van der Waals surface area contributed by atoms with Crippen molar-refractivity contribution in [2.24, 2.45) is 0 Å². The predicted octanol–water partition coefficient (Wildman–Crippen LogP) is 1.61. The Morgan fingerprint density at radius 2 is 2.35 bits per heavy atom. The average molecular weight is 247 g/mol. The Bertz CT molecular complexity index is 606. The lowest BCUT2D eigenvalue weighted by Crippen LogP contribution is -2.14. The molecule has 2 rings (SSSR count). The second-order valence-corrected chi connectivity index (χ2v) is 4.77. The van der Waals surface area contributed by atoms with Crippen LogP contribution in [0.3, 0.4) is 0 Å². The van der Waals surface area contributed by atoms with Gasteiger partial charge in [-0.05, 0) is 13.8 Å². The van der Waals surface area contributed by atoms with Gasteiger partial charge in [-0.2, -0.15) is 10.4 Å². The minimum atomic E-state index is -0.340. The fourth-order valence-electron chi connectivity index (χ4n) is 1.38. The SMILES string of the molecule is Cc1nc(C(=O)Nc2[nH]ncc2C#N)c(C)s1. The van der Waals surface area contributed by atoms with Crippen molar-refractivity contribution in [3.63, 3.8) is 0 Å². The van der Waals surface area contributed by atoms with Gasteiger partial charge in [-0.3, -0.25) is 9.89 Å². The Kier molecular flexibility index (Phi) is 2.89. The summed E-state index contributed by atoms with van der Waals surface area (Å²) in [5.74, 6) is -0.0462. The normalized spacial score (nSPS) is 9.94. The summed E-state index contributed by atoms with van der Waals surface area (Å²) in [6.45, 7) is 3.67. The molecule has 2 N–H and O–H groups in total. The van der Waals surface area contributed by atoms with Gasteiger partial charge in [-0.15, -0.1) is 11.3 Å². The van der Waals surface area contributed by atoms with Crippen molar-refractivity contribution < 1.29 is 4.79 Å². The molecule has 0 fully saturated rings. The number of aromatic amines is 1. The topological polar surface area (TPSA) is 94.5 Å². The molecule has 6 nitrogen and oxygen atoms in total. The summed E-state index contributed by atoms with van der Waals surface area (Å²) in [4.78, 5) is 16.9. The first-order chi connectivity index (χ1) is 8.11. The van der Waals surface area contributed by atoms with Crippen LogP contribution in [0.15, 0.2) is 6.20 Å². The largest absolute Gasteiger partial charge is 0.304 e. The maximum atomic E-state index is 11.9. The molecular formula is C10H9N5OS. The number of aromatic nitrogens is 3. The summed E-state index contributed by atoms with van der Waals surface area (Å²) in [7, 11) is 0. The number of aryl methyl sites for hydroxylation is 2. The van der Waals surface area contributed by atoms with E-state index in [9.17, 15) is 4.79 Å². The van der Waals surface area contributed by atoms with Crippen molar-refractivity contribution in [3.8, 4) is 6.07 Å². The van der Waals surface area contributed by atoms with E-state index in [1.165, 1.54) is 17.5 Å². The molecule has 2 heterocycles. The fraction of sp³-hybridized carbons (Fsp3) is 0.200. The lowest BCUT2D eigenvalue weighted by Gasteiger charge is -2.00. The minimum absolute atomic E-state index is 0.294. The van der Waals surface area contributed by atoms with Crippen LogP contribution in [-0.4, -0.2) is 21.1 Å². The third-order valence-corrected chi connectivity index (χ3v) is 3.00. The maximum Gasteiger partial charge on any atom is 0.276 e. The Balaban J connectivity index is 2.24. The molecule has 1 amide bonds. The molecule has 0 aliphatic rings. The van der Waals surface area contributed by atoms with E-state index in [2.05, 4.69) is 20.5 Å². The van der Waals surface area contributed by atoms with Crippen molar-refractivity contribution in [2.45, 2.75) is 13.8 Å². The van der Waals surface area contributed by atoms with E-state index in [1.54, 1.807) is 0 Å². The van der Waals surface area contributed by atoms with Gasteiger partial charge in [0, 0.05) is 4.88 Å². The van der Waals surface area contributed by atoms with Crippen LogP contribution in [0.25, 0.3) is 0 Å². The summed E-state index contributed by atoms with van der Waals surface area (Å²) in [5.41, 5.74) is 0.675. The van der Waals surface area contributed by atoms with Crippen molar-refractivity contribution in [2.75, 3.05) is 5.32 Å². The van der Waals surface area contributed by atoms with Crippen LogP contribution in [0, 0.1) is 25.2 Å². The highest BCUT2D eigenvalue weighted by Crippen LogP contribution is 2.18. The summed E-state index contributed by atoms with van der Waals surface area (Å²) in [5, 5.41) is 18.4. The van der Waals surface area contributed by atoms with Crippen LogP contribution in [0.2, 0.25) is 0 Å². The number of carbonyl (C=O) groups is 1. The van der Waals surface area contributed by atoms with E-state index >= 15 is 0 Å². The first-order valence-corrected chi connectivity index (χ1v) is 5.62. The third-order valence-electron chi connectivity index (χ3n) is 2.12. The summed E-state index contributed by atoms with van der Waals surface area (Å²) in [6, 6.07) is 1.93. The Labute approximate surface area is 101 Å². The molecule has 0 unspecified atom stereocenters. The molecule has 2 aromatic rings. The van der Waals surface area contributed by atoms with Gasteiger partial charge in [0.05, 0.1) is 11.2 Å². The molecule has 0 aromatic carbocycles. The van der Waals surface area contributed by atoms with E-state index in [0.29, 0.717) is 17.1 Å². The molecule has 86 valence electrons. The molecule has 0 aliphatic carbocycles. The minimum Gasteiger partial charge on any atom is -0.304 e. The average Bonchev–Trinajstić information content (AvgIpc) is 2.84. The highest BCUT2D eigenvalue weighted by atomic mass is 32.1. The Morgan fingerprint density at radius 3 is 2.94 bits per heavy atom. The van der Waals surface area contributed by atoms with Crippen molar-refractivity contribution in [1.82, 2.24) is 15.2 Å². The molecular weight excluding hydrogens is 238 g/mol. The summed E-state index contributed by atoms with van der Waals surface area (Å²) in [6.07, 6.45) is 1.36. The zero-order valence-corrected chi connectivity index (χ0v) is 10.1. The second kappa shape index (κ2) is 4.35. The zero-order valence-electron chi connectivity index (χ0n) is 9.24. The zero-order chi connectivity index (χ0) is 12.4. The molecule has 0 aliphatic heterocycles. The number of hydrogen-bond acceptors (Lipinski definition) is 5. The maximum absolute atomic E-state index is 11.9. The molecule has 0 bridgehead atoms. The van der Waals surface area contributed by atoms with Gasteiger partial charge in [0.2, 0.25) is 0 Å². The van der Waals surface area contributed by atoms with Crippen LogP contribution < -0.4 is 5.32 Å². The van der Waals surface area contributed by atoms with Gasteiger partial charge in [-0.1, -0.05) is 0 Å². The predicted molar refractivity (Wildman–Crippen MR) is 62.8 cm³/mol. The Morgan fingerprint density at radius 1 is 1.59 bits per heavy atom. The van der Waals surface area contributed by atoms with Crippen LogP contribution >= 0.6 is 11.3 Å². The van der Waals surface area contributed by atoms with Gasteiger partial charge in [0.1, 0.15) is 23.1 Å². The molecule has 0 atom stereocenters. The van der Waals surface area contributed by atoms with E-state index < -0.39 is 0 Å². The van der Waals surface area contributed by atoms with E-state index in [4.69, 9.17) is 5.26 Å². The third kappa shape index (κ3) is 2.16. The van der Waals surface area contributed by atoms with Crippen LogP contribution in [0.4, 0.5) is 5.82 Å². The van der Waals surface area contributed by atoms with Crippen molar-refractivity contribution in [1.29, 1.82) is 5.26 Å². The molecule has 0 spiro atoms. The van der Waals surface area contributed by atoms with E-state index in [-0.39, 0.29) is 5.91 Å². The second-order valence-electron chi connectivity index (χ2n) is 3.36. The molecule has 2 aromatic heterocycles. The number of amides is 1. The van der Waals surface area contributed by atoms with Crippen molar-refractivity contribution >= 4 is 23.1 Å². The van der Waals surface area contributed by atoms with Crippen molar-refractivity contribution in [3.05, 3.63) is 27.3 Å². The molecule has 0 saturated carbocycles. The highest BCUT2D eigenvalue weighted by molar-refractivity contribution is 7.11. The van der Waals surface area contributed by atoms with Gasteiger partial charge in [-0.25, -0.2) is 4.98 Å². The fourth-order valence-corrected chi connectivity index (χ4v) is 2.19. The summed E-state index contributed by atoms with van der Waals surface area (Å²) < 4.78 is 0. The molecule has 0 radical (unpaired) electrons. The number of thiazole rings is 1. The van der Waals surface area contributed by atoms with Crippen LogP contribution in [0.5, 0.6) is 0 Å². The van der Waals surface area contributed by atoms with E-state index in [1.807, 2.05) is 19.9 Å². The number of hydrogen-bond donors (Lipinski definition) is 2. The first kappa shape index (κ1) is 11.3.